The van der Waals surface area contributed by atoms with Crippen LogP contribution in [0.2, 0.25) is 0 Å². The Labute approximate surface area is 213 Å². The highest BCUT2D eigenvalue weighted by Crippen LogP contribution is 2.40. The van der Waals surface area contributed by atoms with Gasteiger partial charge in [-0.2, -0.15) is 0 Å². The number of hydrogen-bond acceptors (Lipinski definition) is 3. The lowest BCUT2D eigenvalue weighted by Crippen LogP contribution is -2.28. The van der Waals surface area contributed by atoms with Gasteiger partial charge in [-0.1, -0.05) is 70.2 Å². The number of hydrogen-bond donors (Lipinski definition) is 3. The Morgan fingerprint density at radius 2 is 1.51 bits per heavy atom. The maximum absolute atomic E-state index is 12.7. The normalized spacial score (nSPS) is 12.3. The van der Waals surface area contributed by atoms with E-state index in [4.69, 9.17) is 5.73 Å². The minimum atomic E-state index is -0.752. The second kappa shape index (κ2) is 13.0. The van der Waals surface area contributed by atoms with Crippen LogP contribution in [0.5, 0.6) is 0 Å². The molecule has 0 aliphatic heterocycles. The zero-order chi connectivity index (χ0) is 26.1. The van der Waals surface area contributed by atoms with Gasteiger partial charge in [-0.05, 0) is 92.8 Å². The number of aryl methyl sites for hydroxylation is 2. The standard InChI is InChI=1S/C31H46N2O2/c1-7-30(35,8-2)18-17-25-13-14-26(21-23(25)5)31(9-3,10-4)27-15-16-28(24(6)22-27)29(34)33-20-12-11-19-32/h13-18,21-22,35H,7-12,19-20,32H2,1-6H3,(H,33,34). The molecule has 0 saturated heterocycles. The summed E-state index contributed by atoms with van der Waals surface area (Å²) < 4.78 is 0. The third kappa shape index (κ3) is 6.83. The summed E-state index contributed by atoms with van der Waals surface area (Å²) in [6, 6.07) is 13.0. The molecule has 2 aromatic carbocycles. The lowest BCUT2D eigenvalue weighted by atomic mass is 9.69. The average Bonchev–Trinajstić information content (AvgIpc) is 2.87. The van der Waals surface area contributed by atoms with Gasteiger partial charge in [0.1, 0.15) is 0 Å². The third-order valence-electron chi connectivity index (χ3n) is 7.77. The molecule has 0 saturated carbocycles. The van der Waals surface area contributed by atoms with Crippen LogP contribution in [0.4, 0.5) is 0 Å². The van der Waals surface area contributed by atoms with Crippen molar-refractivity contribution in [1.29, 1.82) is 0 Å². The summed E-state index contributed by atoms with van der Waals surface area (Å²) in [7, 11) is 0. The van der Waals surface area contributed by atoms with Gasteiger partial charge in [0.25, 0.3) is 5.91 Å². The molecule has 0 bridgehead atoms. The molecule has 0 atom stereocenters. The summed E-state index contributed by atoms with van der Waals surface area (Å²) in [5, 5.41) is 13.6. The number of rotatable bonds is 13. The molecule has 4 heteroatoms. The summed E-state index contributed by atoms with van der Waals surface area (Å²) in [4.78, 5) is 12.7. The van der Waals surface area contributed by atoms with Crippen LogP contribution in [-0.4, -0.2) is 29.7 Å². The topological polar surface area (TPSA) is 75.3 Å². The van der Waals surface area contributed by atoms with Crippen LogP contribution in [-0.2, 0) is 5.41 Å². The van der Waals surface area contributed by atoms with Crippen molar-refractivity contribution in [1.82, 2.24) is 5.32 Å². The lowest BCUT2D eigenvalue weighted by Gasteiger charge is -2.34. The minimum Gasteiger partial charge on any atom is -0.386 e. The molecule has 4 nitrogen and oxygen atoms in total. The van der Waals surface area contributed by atoms with Crippen LogP contribution in [0.25, 0.3) is 6.08 Å². The van der Waals surface area contributed by atoms with Gasteiger partial charge >= 0.3 is 0 Å². The Morgan fingerprint density at radius 1 is 0.914 bits per heavy atom. The average molecular weight is 479 g/mol. The van der Waals surface area contributed by atoms with Gasteiger partial charge in [0, 0.05) is 17.5 Å². The molecule has 35 heavy (non-hydrogen) atoms. The number of carbonyl (C=O) groups excluding carboxylic acids is 1. The first kappa shape index (κ1) is 28.8. The van der Waals surface area contributed by atoms with Crippen LogP contribution in [0.15, 0.2) is 42.5 Å². The molecule has 2 aromatic rings. The fraction of sp³-hybridized carbons (Fsp3) is 0.516. The van der Waals surface area contributed by atoms with E-state index in [0.29, 0.717) is 25.9 Å². The molecule has 4 N–H and O–H groups in total. The molecule has 2 rings (SSSR count). The van der Waals surface area contributed by atoms with Crippen LogP contribution < -0.4 is 11.1 Å². The molecule has 192 valence electrons. The van der Waals surface area contributed by atoms with Crippen LogP contribution in [0.1, 0.15) is 104 Å². The fourth-order valence-corrected chi connectivity index (χ4v) is 4.91. The minimum absolute atomic E-state index is 0.0178. The highest BCUT2D eigenvalue weighted by atomic mass is 16.3. The quantitative estimate of drug-likeness (QED) is 0.290. The summed E-state index contributed by atoms with van der Waals surface area (Å²) >= 11 is 0. The summed E-state index contributed by atoms with van der Waals surface area (Å²) in [6.07, 6.45) is 9.14. The summed E-state index contributed by atoms with van der Waals surface area (Å²) in [5.74, 6) is -0.0178. The van der Waals surface area contributed by atoms with E-state index in [-0.39, 0.29) is 11.3 Å². The maximum atomic E-state index is 12.7. The molecule has 1 amide bonds. The Bertz CT molecular complexity index is 1000. The number of unbranched alkanes of at least 4 members (excludes halogenated alkanes) is 1. The van der Waals surface area contributed by atoms with Crippen LogP contribution in [0.3, 0.4) is 0 Å². The molecule has 0 unspecified atom stereocenters. The molecule has 0 aliphatic carbocycles. The fourth-order valence-electron chi connectivity index (χ4n) is 4.91. The van der Waals surface area contributed by atoms with Crippen LogP contribution >= 0.6 is 0 Å². The van der Waals surface area contributed by atoms with Crippen molar-refractivity contribution in [2.45, 2.75) is 91.1 Å². The van der Waals surface area contributed by atoms with Crippen molar-refractivity contribution in [3.8, 4) is 0 Å². The number of nitrogens with one attached hydrogen (secondary N) is 1. The molecule has 0 radical (unpaired) electrons. The number of aliphatic hydroxyl groups is 1. The van der Waals surface area contributed by atoms with Crippen molar-refractivity contribution in [2.24, 2.45) is 5.73 Å². The van der Waals surface area contributed by atoms with Gasteiger partial charge in [-0.15, -0.1) is 0 Å². The predicted octanol–water partition coefficient (Wildman–Crippen LogP) is 6.44. The van der Waals surface area contributed by atoms with E-state index in [1.165, 1.54) is 16.7 Å². The first-order valence-corrected chi connectivity index (χ1v) is 13.3. The summed E-state index contributed by atoms with van der Waals surface area (Å²) in [5.41, 5.74) is 11.3. The lowest BCUT2D eigenvalue weighted by molar-refractivity contribution is 0.0836. The van der Waals surface area contributed by atoms with Gasteiger partial charge in [0.05, 0.1) is 5.60 Å². The van der Waals surface area contributed by atoms with E-state index in [1.807, 2.05) is 32.9 Å². The largest absolute Gasteiger partial charge is 0.386 e. The third-order valence-corrected chi connectivity index (χ3v) is 7.77. The monoisotopic (exact) mass is 478 g/mol. The Kier molecular flexibility index (Phi) is 10.7. The first-order chi connectivity index (χ1) is 16.7. The second-order valence-corrected chi connectivity index (χ2v) is 9.79. The Hall–Kier alpha value is -2.43. The highest BCUT2D eigenvalue weighted by Gasteiger charge is 2.31. The van der Waals surface area contributed by atoms with Crippen molar-refractivity contribution in [3.05, 3.63) is 75.9 Å². The Morgan fingerprint density at radius 3 is 2.03 bits per heavy atom. The van der Waals surface area contributed by atoms with Gasteiger partial charge in [-0.25, -0.2) is 0 Å². The van der Waals surface area contributed by atoms with Gasteiger partial charge in [-0.3, -0.25) is 4.79 Å². The molecule has 0 aromatic heterocycles. The van der Waals surface area contributed by atoms with Crippen molar-refractivity contribution < 1.29 is 9.90 Å². The molecule has 0 spiro atoms. The van der Waals surface area contributed by atoms with E-state index < -0.39 is 5.60 Å². The van der Waals surface area contributed by atoms with Gasteiger partial charge in [0.2, 0.25) is 0 Å². The van der Waals surface area contributed by atoms with E-state index in [0.717, 1.165) is 42.4 Å². The SMILES string of the molecule is CCC(O)(C=Cc1ccc(C(CC)(CC)c2ccc(C(=O)NCCCCN)c(C)c2)cc1C)CC. The second-order valence-electron chi connectivity index (χ2n) is 9.79. The zero-order valence-electron chi connectivity index (χ0n) is 22.7. The van der Waals surface area contributed by atoms with Crippen molar-refractivity contribution >= 4 is 12.0 Å². The van der Waals surface area contributed by atoms with Gasteiger partial charge < -0.3 is 16.2 Å². The number of amides is 1. The summed E-state index contributed by atoms with van der Waals surface area (Å²) in [6.45, 7) is 14.0. The number of carbonyl (C=O) groups is 1. The van der Waals surface area contributed by atoms with E-state index in [2.05, 4.69) is 62.5 Å². The van der Waals surface area contributed by atoms with Crippen LogP contribution in [0, 0.1) is 13.8 Å². The zero-order valence-corrected chi connectivity index (χ0v) is 22.7. The molecular weight excluding hydrogens is 432 g/mol. The van der Waals surface area contributed by atoms with E-state index >= 15 is 0 Å². The predicted molar refractivity (Wildman–Crippen MR) is 149 cm³/mol. The molecule has 0 heterocycles. The molecule has 0 aliphatic rings. The highest BCUT2D eigenvalue weighted by molar-refractivity contribution is 5.95. The van der Waals surface area contributed by atoms with E-state index in [1.54, 1.807) is 0 Å². The molecular formula is C31H46N2O2. The van der Waals surface area contributed by atoms with Crippen molar-refractivity contribution in [3.63, 3.8) is 0 Å². The van der Waals surface area contributed by atoms with Crippen molar-refractivity contribution in [2.75, 3.05) is 13.1 Å². The number of nitrogens with two attached hydrogens (primary N) is 1. The molecule has 0 fully saturated rings. The van der Waals surface area contributed by atoms with E-state index in [9.17, 15) is 9.90 Å². The smallest absolute Gasteiger partial charge is 0.251 e. The first-order valence-electron chi connectivity index (χ1n) is 13.3. The Balaban J connectivity index is 2.37. The maximum Gasteiger partial charge on any atom is 0.251 e. The number of benzene rings is 2. The van der Waals surface area contributed by atoms with Gasteiger partial charge in [0.15, 0.2) is 0 Å².